The van der Waals surface area contributed by atoms with Crippen LogP contribution in [0.2, 0.25) is 0 Å². The number of fused-ring (bicyclic) bond motifs is 2. The van der Waals surface area contributed by atoms with E-state index in [1.807, 2.05) is 36.4 Å². The number of carbonyl (C=O) groups is 1. The van der Waals surface area contributed by atoms with Gasteiger partial charge in [-0.25, -0.2) is 4.98 Å². The van der Waals surface area contributed by atoms with Gasteiger partial charge in [-0.15, -0.1) is 11.3 Å². The van der Waals surface area contributed by atoms with Gasteiger partial charge in [-0.2, -0.15) is 0 Å². The number of anilines is 1. The third-order valence-electron chi connectivity index (χ3n) is 5.34. The van der Waals surface area contributed by atoms with Crippen LogP contribution in [0.4, 0.5) is 5.69 Å². The van der Waals surface area contributed by atoms with Gasteiger partial charge in [0.05, 0.1) is 36.0 Å². The molecular weight excluding hydrogens is 386 g/mol. The van der Waals surface area contributed by atoms with E-state index in [-0.39, 0.29) is 11.9 Å². The average molecular weight is 410 g/mol. The lowest BCUT2D eigenvalue weighted by Crippen LogP contribution is -2.32. The quantitative estimate of drug-likeness (QED) is 0.699. The van der Waals surface area contributed by atoms with Crippen LogP contribution in [0.1, 0.15) is 30.3 Å². The Hall–Kier alpha value is -2.64. The molecule has 1 N–H and O–H groups in total. The fourth-order valence-corrected chi connectivity index (χ4v) is 5.09. The van der Waals surface area contributed by atoms with Crippen molar-refractivity contribution in [1.82, 2.24) is 9.88 Å². The first-order chi connectivity index (χ1) is 14.3. The van der Waals surface area contributed by atoms with Gasteiger partial charge in [0.25, 0.3) is 0 Å². The minimum Gasteiger partial charge on any atom is -0.490 e. The van der Waals surface area contributed by atoms with Crippen LogP contribution in [0.15, 0.2) is 42.5 Å². The maximum absolute atomic E-state index is 12.7. The second-order valence-corrected chi connectivity index (χ2v) is 8.47. The van der Waals surface area contributed by atoms with Gasteiger partial charge in [-0.3, -0.25) is 9.69 Å². The summed E-state index contributed by atoms with van der Waals surface area (Å²) in [7, 11) is 0. The smallest absolute Gasteiger partial charge is 0.238 e. The molecule has 29 heavy (non-hydrogen) atoms. The first kappa shape index (κ1) is 18.4. The van der Waals surface area contributed by atoms with Crippen LogP contribution in [-0.2, 0) is 4.79 Å². The van der Waals surface area contributed by atoms with Crippen molar-refractivity contribution in [2.24, 2.45) is 0 Å². The summed E-state index contributed by atoms with van der Waals surface area (Å²) in [5.41, 5.74) is 1.77. The Labute approximate surface area is 173 Å². The fraction of sp³-hybridized carbons (Fsp3) is 0.364. The van der Waals surface area contributed by atoms with E-state index in [0.29, 0.717) is 25.5 Å². The number of nitrogens with zero attached hydrogens (tertiary/aromatic N) is 2. The molecule has 1 amide bonds. The van der Waals surface area contributed by atoms with E-state index >= 15 is 0 Å². The Kier molecular flexibility index (Phi) is 5.08. The van der Waals surface area contributed by atoms with Crippen LogP contribution < -0.4 is 14.8 Å². The summed E-state index contributed by atoms with van der Waals surface area (Å²) in [6, 6.07) is 14.0. The van der Waals surface area contributed by atoms with E-state index < -0.39 is 0 Å². The summed E-state index contributed by atoms with van der Waals surface area (Å²) in [5, 5.41) is 4.11. The standard InChI is InChI=1S/C22H23N3O3S/c26-21(23-15-8-9-18-19(13-15)28-12-4-11-27-18)14-25-10-3-6-17(25)22-24-16-5-1-2-7-20(16)29-22/h1-2,5,7-9,13,17H,3-4,6,10-12,14H2,(H,23,26). The van der Waals surface area contributed by atoms with Crippen LogP contribution in [0.3, 0.4) is 0 Å². The molecule has 0 saturated carbocycles. The number of hydrogen-bond acceptors (Lipinski definition) is 6. The molecule has 1 fully saturated rings. The lowest BCUT2D eigenvalue weighted by atomic mass is 10.2. The number of nitrogens with one attached hydrogen (secondary N) is 1. The number of rotatable bonds is 4. The van der Waals surface area contributed by atoms with Crippen molar-refractivity contribution in [2.45, 2.75) is 25.3 Å². The molecule has 2 aliphatic rings. The SMILES string of the molecule is O=C(CN1CCCC1c1nc2ccccc2s1)Nc1ccc2c(c1)OCCCO2. The first-order valence-corrected chi connectivity index (χ1v) is 10.9. The number of amides is 1. The van der Waals surface area contributed by atoms with Gasteiger partial charge < -0.3 is 14.8 Å². The summed E-state index contributed by atoms with van der Waals surface area (Å²) in [6.45, 7) is 2.55. The Morgan fingerprint density at radius 2 is 2.00 bits per heavy atom. The number of hydrogen-bond donors (Lipinski definition) is 1. The number of benzene rings is 2. The van der Waals surface area contributed by atoms with Crippen molar-refractivity contribution >= 4 is 33.1 Å². The molecule has 3 heterocycles. The van der Waals surface area contributed by atoms with E-state index in [1.165, 1.54) is 4.70 Å². The Morgan fingerprint density at radius 3 is 2.90 bits per heavy atom. The molecule has 0 radical (unpaired) electrons. The molecule has 1 unspecified atom stereocenters. The van der Waals surface area contributed by atoms with Gasteiger partial charge in [0, 0.05) is 18.2 Å². The Bertz CT molecular complexity index is 1000. The molecular formula is C22H23N3O3S. The third kappa shape index (κ3) is 3.93. The minimum absolute atomic E-state index is 0.0208. The highest BCUT2D eigenvalue weighted by Gasteiger charge is 2.30. The number of para-hydroxylation sites is 1. The summed E-state index contributed by atoms with van der Waals surface area (Å²) >= 11 is 1.73. The summed E-state index contributed by atoms with van der Waals surface area (Å²) in [4.78, 5) is 19.8. The number of carbonyl (C=O) groups excluding carboxylic acids is 1. The van der Waals surface area contributed by atoms with Crippen LogP contribution >= 0.6 is 11.3 Å². The lowest BCUT2D eigenvalue weighted by molar-refractivity contribution is -0.117. The number of likely N-dealkylation sites (tertiary alicyclic amines) is 1. The van der Waals surface area contributed by atoms with Crippen molar-refractivity contribution in [2.75, 3.05) is 31.6 Å². The topological polar surface area (TPSA) is 63.7 Å². The number of ether oxygens (including phenoxy) is 2. The maximum atomic E-state index is 12.7. The van der Waals surface area contributed by atoms with Crippen LogP contribution in [0.5, 0.6) is 11.5 Å². The summed E-state index contributed by atoms with van der Waals surface area (Å²) < 4.78 is 12.6. The second-order valence-electron chi connectivity index (χ2n) is 7.41. The molecule has 1 aromatic heterocycles. The predicted octanol–water partition coefficient (Wildman–Crippen LogP) is 4.23. The van der Waals surface area contributed by atoms with E-state index in [2.05, 4.69) is 16.3 Å². The highest BCUT2D eigenvalue weighted by atomic mass is 32.1. The monoisotopic (exact) mass is 409 g/mol. The Balaban J connectivity index is 1.27. The Morgan fingerprint density at radius 1 is 1.14 bits per heavy atom. The van der Waals surface area contributed by atoms with Gasteiger partial charge in [0.2, 0.25) is 5.91 Å². The van der Waals surface area contributed by atoms with E-state index in [1.54, 1.807) is 11.3 Å². The highest BCUT2D eigenvalue weighted by Crippen LogP contribution is 2.36. The zero-order valence-corrected chi connectivity index (χ0v) is 16.9. The molecule has 6 nitrogen and oxygen atoms in total. The molecule has 0 aliphatic carbocycles. The van der Waals surface area contributed by atoms with Gasteiger partial charge >= 0.3 is 0 Å². The molecule has 3 aromatic rings. The zero-order valence-electron chi connectivity index (χ0n) is 16.1. The molecule has 7 heteroatoms. The third-order valence-corrected chi connectivity index (χ3v) is 6.47. The first-order valence-electron chi connectivity index (χ1n) is 10.1. The molecule has 1 saturated heterocycles. The average Bonchev–Trinajstić information content (AvgIpc) is 3.28. The minimum atomic E-state index is -0.0208. The van der Waals surface area contributed by atoms with Crippen LogP contribution in [0.25, 0.3) is 10.2 Å². The van der Waals surface area contributed by atoms with Crippen molar-refractivity contribution in [3.05, 3.63) is 47.5 Å². The molecule has 2 aliphatic heterocycles. The van der Waals surface area contributed by atoms with Crippen molar-refractivity contribution < 1.29 is 14.3 Å². The van der Waals surface area contributed by atoms with Crippen molar-refractivity contribution in [3.63, 3.8) is 0 Å². The molecule has 2 aromatic carbocycles. The highest BCUT2D eigenvalue weighted by molar-refractivity contribution is 7.18. The van der Waals surface area contributed by atoms with E-state index in [0.717, 1.165) is 47.8 Å². The fourth-order valence-electron chi connectivity index (χ4n) is 3.95. The van der Waals surface area contributed by atoms with Crippen LogP contribution in [0, 0.1) is 0 Å². The molecule has 1 atom stereocenters. The lowest BCUT2D eigenvalue weighted by Gasteiger charge is -2.22. The summed E-state index contributed by atoms with van der Waals surface area (Å²) in [5.74, 6) is 1.40. The second kappa shape index (κ2) is 8.00. The van der Waals surface area contributed by atoms with Gasteiger partial charge in [-0.1, -0.05) is 12.1 Å². The largest absolute Gasteiger partial charge is 0.490 e. The van der Waals surface area contributed by atoms with Crippen molar-refractivity contribution in [3.8, 4) is 11.5 Å². The predicted molar refractivity (Wildman–Crippen MR) is 114 cm³/mol. The molecule has 150 valence electrons. The zero-order chi connectivity index (χ0) is 19.6. The van der Waals surface area contributed by atoms with Gasteiger partial charge in [0.15, 0.2) is 11.5 Å². The van der Waals surface area contributed by atoms with Crippen molar-refractivity contribution in [1.29, 1.82) is 0 Å². The molecule has 0 spiro atoms. The van der Waals surface area contributed by atoms with Gasteiger partial charge in [0.1, 0.15) is 5.01 Å². The van der Waals surface area contributed by atoms with E-state index in [4.69, 9.17) is 14.5 Å². The number of aromatic nitrogens is 1. The maximum Gasteiger partial charge on any atom is 0.238 e. The normalized spacial score (nSPS) is 19.2. The van der Waals surface area contributed by atoms with E-state index in [9.17, 15) is 4.79 Å². The van der Waals surface area contributed by atoms with Gasteiger partial charge in [-0.05, 0) is 43.7 Å². The number of thiazole rings is 1. The van der Waals surface area contributed by atoms with Crippen LogP contribution in [-0.4, -0.2) is 42.1 Å². The molecule has 0 bridgehead atoms. The molecule has 5 rings (SSSR count). The summed E-state index contributed by atoms with van der Waals surface area (Å²) in [6.07, 6.45) is 2.98.